The summed E-state index contributed by atoms with van der Waals surface area (Å²) in [6.07, 6.45) is 0.289. The number of amides is 1. The molecular weight excluding hydrogens is 346 g/mol. The van der Waals surface area contributed by atoms with Crippen molar-refractivity contribution < 1.29 is 9.53 Å². The van der Waals surface area contributed by atoms with E-state index >= 15 is 0 Å². The van der Waals surface area contributed by atoms with Gasteiger partial charge in [-0.3, -0.25) is 9.20 Å². The maximum atomic E-state index is 12.3. The number of carbonyl (C=O) groups is 1. The van der Waals surface area contributed by atoms with Crippen LogP contribution in [0.25, 0.3) is 26.4 Å². The maximum absolute atomic E-state index is 12.3. The van der Waals surface area contributed by atoms with Crippen molar-refractivity contribution in [3.05, 3.63) is 54.2 Å². The van der Waals surface area contributed by atoms with Crippen LogP contribution in [-0.2, 0) is 11.2 Å². The number of nitrogens with zero attached hydrogens (tertiary/aromatic N) is 2. The Labute approximate surface area is 155 Å². The molecular formula is C20H19N3O2S. The number of ether oxygens (including phenoxy) is 1. The van der Waals surface area contributed by atoms with Crippen LogP contribution < -0.4 is 10.1 Å². The number of rotatable bonds is 5. The van der Waals surface area contributed by atoms with Crippen molar-refractivity contribution in [1.82, 2.24) is 14.7 Å². The lowest BCUT2D eigenvalue weighted by Gasteiger charge is -2.07. The number of hydrogen-bond donors (Lipinski definition) is 1. The van der Waals surface area contributed by atoms with Gasteiger partial charge in [0.2, 0.25) is 5.91 Å². The van der Waals surface area contributed by atoms with Gasteiger partial charge in [0.15, 0.2) is 4.96 Å². The number of methoxy groups -OCH3 is 1. The monoisotopic (exact) mass is 365 g/mol. The van der Waals surface area contributed by atoms with Crippen molar-refractivity contribution in [3.8, 4) is 17.0 Å². The number of benzene rings is 2. The van der Waals surface area contributed by atoms with Crippen molar-refractivity contribution in [2.24, 2.45) is 0 Å². The number of likely N-dealkylation sites (N-methyl/N-ethyl adjacent to an activating group) is 1. The van der Waals surface area contributed by atoms with Gasteiger partial charge < -0.3 is 10.1 Å². The van der Waals surface area contributed by atoms with Gasteiger partial charge in [-0.25, -0.2) is 4.98 Å². The standard InChI is InChI=1S/C20H19N3O2S/c1-3-21-18(24)12-16-19(13-8-10-14(25-2)11-9-13)22-20-23(16)15-6-4-5-7-17(15)26-20/h4-11H,3,12H2,1-2H3,(H,21,24). The van der Waals surface area contributed by atoms with Crippen LogP contribution in [0.5, 0.6) is 5.75 Å². The van der Waals surface area contributed by atoms with Crippen molar-refractivity contribution >= 4 is 32.4 Å². The summed E-state index contributed by atoms with van der Waals surface area (Å²) in [5.74, 6) is 0.796. The molecule has 4 rings (SSSR count). The van der Waals surface area contributed by atoms with Gasteiger partial charge in [-0.1, -0.05) is 23.5 Å². The summed E-state index contributed by atoms with van der Waals surface area (Å²) in [6.45, 7) is 2.54. The molecule has 0 saturated carbocycles. The molecule has 0 fully saturated rings. The highest BCUT2D eigenvalue weighted by Gasteiger charge is 2.20. The molecule has 1 N–H and O–H groups in total. The van der Waals surface area contributed by atoms with E-state index in [0.717, 1.165) is 37.9 Å². The first kappa shape index (κ1) is 16.6. The highest BCUT2D eigenvalue weighted by atomic mass is 32.1. The number of nitrogens with one attached hydrogen (secondary N) is 1. The van der Waals surface area contributed by atoms with Crippen LogP contribution in [0.3, 0.4) is 0 Å². The van der Waals surface area contributed by atoms with E-state index in [1.807, 2.05) is 43.3 Å². The quantitative estimate of drug-likeness (QED) is 0.583. The average molecular weight is 365 g/mol. The molecule has 0 unspecified atom stereocenters. The molecule has 2 heterocycles. The van der Waals surface area contributed by atoms with Crippen LogP contribution >= 0.6 is 11.3 Å². The first-order valence-corrected chi connectivity index (χ1v) is 9.33. The Morgan fingerprint density at radius 2 is 1.96 bits per heavy atom. The molecule has 0 aliphatic rings. The van der Waals surface area contributed by atoms with E-state index in [4.69, 9.17) is 9.72 Å². The second-order valence-electron chi connectivity index (χ2n) is 5.95. The number of imidazole rings is 1. The van der Waals surface area contributed by atoms with Crippen LogP contribution in [0.15, 0.2) is 48.5 Å². The lowest BCUT2D eigenvalue weighted by atomic mass is 10.1. The Morgan fingerprint density at radius 3 is 2.69 bits per heavy atom. The molecule has 2 aromatic carbocycles. The Morgan fingerprint density at radius 1 is 1.19 bits per heavy atom. The van der Waals surface area contributed by atoms with Gasteiger partial charge in [0.1, 0.15) is 5.75 Å². The normalized spacial score (nSPS) is 11.2. The highest BCUT2D eigenvalue weighted by Crippen LogP contribution is 2.33. The summed E-state index contributed by atoms with van der Waals surface area (Å²) in [5, 5.41) is 2.89. The number of thiazole rings is 1. The first-order valence-electron chi connectivity index (χ1n) is 8.51. The lowest BCUT2D eigenvalue weighted by Crippen LogP contribution is -2.25. The molecule has 6 heteroatoms. The maximum Gasteiger partial charge on any atom is 0.226 e. The molecule has 2 aromatic heterocycles. The SMILES string of the molecule is CCNC(=O)Cc1c(-c2ccc(OC)cc2)nc2sc3ccccc3n12. The van der Waals surface area contributed by atoms with Gasteiger partial charge in [0, 0.05) is 12.1 Å². The fourth-order valence-electron chi connectivity index (χ4n) is 3.13. The van der Waals surface area contributed by atoms with Gasteiger partial charge >= 0.3 is 0 Å². The van der Waals surface area contributed by atoms with Gasteiger partial charge in [-0.05, 0) is 43.3 Å². The lowest BCUT2D eigenvalue weighted by molar-refractivity contribution is -0.120. The second-order valence-corrected chi connectivity index (χ2v) is 6.96. The van der Waals surface area contributed by atoms with E-state index in [9.17, 15) is 4.79 Å². The Kier molecular flexibility index (Phi) is 4.34. The number of aromatic nitrogens is 2. The van der Waals surface area contributed by atoms with E-state index in [0.29, 0.717) is 6.54 Å². The zero-order chi connectivity index (χ0) is 18.1. The molecule has 0 bridgehead atoms. The Balaban J connectivity index is 1.91. The number of carbonyl (C=O) groups excluding carboxylic acids is 1. The molecule has 1 amide bonds. The Hall–Kier alpha value is -2.86. The molecule has 26 heavy (non-hydrogen) atoms. The van der Waals surface area contributed by atoms with Crippen LogP contribution in [0.1, 0.15) is 12.6 Å². The van der Waals surface area contributed by atoms with E-state index in [2.05, 4.69) is 21.9 Å². The summed E-state index contributed by atoms with van der Waals surface area (Å²) in [6, 6.07) is 16.0. The molecule has 5 nitrogen and oxygen atoms in total. The van der Waals surface area contributed by atoms with E-state index in [1.165, 1.54) is 0 Å². The third-order valence-corrected chi connectivity index (χ3v) is 5.34. The minimum atomic E-state index is -0.000609. The van der Waals surface area contributed by atoms with Gasteiger partial charge in [0.25, 0.3) is 0 Å². The summed E-state index contributed by atoms with van der Waals surface area (Å²) in [5.41, 5.74) is 3.81. The van der Waals surface area contributed by atoms with Crippen molar-refractivity contribution in [2.45, 2.75) is 13.3 Å². The van der Waals surface area contributed by atoms with Crippen LogP contribution in [-0.4, -0.2) is 28.9 Å². The highest BCUT2D eigenvalue weighted by molar-refractivity contribution is 7.23. The molecule has 132 valence electrons. The van der Waals surface area contributed by atoms with Crippen LogP contribution in [0.4, 0.5) is 0 Å². The predicted molar refractivity (Wildman–Crippen MR) is 105 cm³/mol. The van der Waals surface area contributed by atoms with E-state index in [1.54, 1.807) is 18.4 Å². The Bertz CT molecular complexity index is 1080. The first-order chi connectivity index (χ1) is 12.7. The minimum Gasteiger partial charge on any atom is -0.497 e. The van der Waals surface area contributed by atoms with Crippen molar-refractivity contribution in [2.75, 3.05) is 13.7 Å². The van der Waals surface area contributed by atoms with Crippen LogP contribution in [0.2, 0.25) is 0 Å². The molecule has 0 aliphatic carbocycles. The molecule has 0 radical (unpaired) electrons. The molecule has 4 aromatic rings. The fraction of sp³-hybridized carbons (Fsp3) is 0.200. The molecule has 0 spiro atoms. The smallest absolute Gasteiger partial charge is 0.226 e. The number of para-hydroxylation sites is 1. The number of fused-ring (bicyclic) bond motifs is 3. The van der Waals surface area contributed by atoms with Crippen molar-refractivity contribution in [1.29, 1.82) is 0 Å². The largest absolute Gasteiger partial charge is 0.497 e. The van der Waals surface area contributed by atoms with E-state index in [-0.39, 0.29) is 12.3 Å². The average Bonchev–Trinajstić information content (AvgIpc) is 3.19. The molecule has 0 atom stereocenters. The third kappa shape index (κ3) is 2.82. The second kappa shape index (κ2) is 6.80. The van der Waals surface area contributed by atoms with E-state index < -0.39 is 0 Å². The minimum absolute atomic E-state index is 0.000609. The zero-order valence-electron chi connectivity index (χ0n) is 14.7. The summed E-state index contributed by atoms with van der Waals surface area (Å²) < 4.78 is 8.51. The summed E-state index contributed by atoms with van der Waals surface area (Å²) >= 11 is 1.63. The molecule has 0 aliphatic heterocycles. The van der Waals surface area contributed by atoms with Crippen molar-refractivity contribution in [3.63, 3.8) is 0 Å². The third-order valence-electron chi connectivity index (χ3n) is 4.31. The van der Waals surface area contributed by atoms with Gasteiger partial charge in [0.05, 0.1) is 35.1 Å². The van der Waals surface area contributed by atoms with Crippen LogP contribution in [0, 0.1) is 0 Å². The summed E-state index contributed by atoms with van der Waals surface area (Å²) in [4.78, 5) is 18.1. The topological polar surface area (TPSA) is 55.6 Å². The molecule has 0 saturated heterocycles. The predicted octanol–water partition coefficient (Wildman–Crippen LogP) is 3.90. The zero-order valence-corrected chi connectivity index (χ0v) is 15.5. The van der Waals surface area contributed by atoms with Gasteiger partial charge in [-0.2, -0.15) is 0 Å². The summed E-state index contributed by atoms with van der Waals surface area (Å²) in [7, 11) is 1.65. The van der Waals surface area contributed by atoms with Gasteiger partial charge in [-0.15, -0.1) is 0 Å². The number of hydrogen-bond acceptors (Lipinski definition) is 4. The fourth-order valence-corrected chi connectivity index (χ4v) is 4.17.